The van der Waals surface area contributed by atoms with E-state index in [4.69, 9.17) is 0 Å². The van der Waals surface area contributed by atoms with Crippen LogP contribution in [0.2, 0.25) is 0 Å². The molecule has 0 N–H and O–H groups in total. The average molecular weight is 155 g/mol. The van der Waals surface area contributed by atoms with Crippen molar-refractivity contribution in [2.45, 2.75) is 13.3 Å². The highest BCUT2D eigenvalue weighted by Crippen LogP contribution is 2.07. The van der Waals surface area contributed by atoms with Crippen molar-refractivity contribution in [3.05, 3.63) is 12.3 Å². The summed E-state index contributed by atoms with van der Waals surface area (Å²) in [5.41, 5.74) is 0. The fourth-order valence-electron chi connectivity index (χ4n) is 0.796. The lowest BCUT2D eigenvalue weighted by Crippen LogP contribution is -2.29. The number of nitrogens with zero attached hydrogens (tertiary/aromatic N) is 1. The fourth-order valence-corrected chi connectivity index (χ4v) is 0.796. The molecule has 2 amide bonds. The van der Waals surface area contributed by atoms with Crippen LogP contribution in [0.1, 0.15) is 13.3 Å². The first-order valence-electron chi connectivity index (χ1n) is 3.41. The minimum absolute atomic E-state index is 0.233. The summed E-state index contributed by atoms with van der Waals surface area (Å²) in [7, 11) is 0. The molecule has 0 fully saturated rings. The van der Waals surface area contributed by atoms with Crippen molar-refractivity contribution < 1.29 is 14.3 Å². The van der Waals surface area contributed by atoms with E-state index in [-0.39, 0.29) is 12.5 Å². The molecule has 0 spiro atoms. The minimum Gasteiger partial charge on any atom is -0.449 e. The molecule has 1 aliphatic rings. The Morgan fingerprint density at radius 2 is 2.55 bits per heavy atom. The Bertz CT molecular complexity index is 210. The number of ether oxygens (including phenoxy) is 1. The van der Waals surface area contributed by atoms with E-state index in [1.165, 1.54) is 6.20 Å². The van der Waals surface area contributed by atoms with Gasteiger partial charge in [0, 0.05) is 12.6 Å². The maximum Gasteiger partial charge on any atom is 0.420 e. The van der Waals surface area contributed by atoms with Gasteiger partial charge in [0.15, 0.2) is 0 Å². The van der Waals surface area contributed by atoms with Gasteiger partial charge in [0.05, 0.1) is 6.61 Å². The summed E-state index contributed by atoms with van der Waals surface area (Å²) in [6.45, 7) is 1.98. The highest BCUT2D eigenvalue weighted by Gasteiger charge is 2.22. The molecule has 4 heteroatoms. The lowest BCUT2D eigenvalue weighted by molar-refractivity contribution is -0.125. The molecular formula is C7H9NO3. The van der Waals surface area contributed by atoms with Crippen LogP contribution < -0.4 is 0 Å². The van der Waals surface area contributed by atoms with Crippen LogP contribution in [-0.4, -0.2) is 23.5 Å². The van der Waals surface area contributed by atoms with Gasteiger partial charge in [-0.25, -0.2) is 9.69 Å². The summed E-state index contributed by atoms with van der Waals surface area (Å²) < 4.78 is 4.61. The zero-order valence-electron chi connectivity index (χ0n) is 6.24. The molecule has 0 radical (unpaired) electrons. The SMILES string of the molecule is CCOC(=O)N1C=CCC1=O. The largest absolute Gasteiger partial charge is 0.449 e. The monoisotopic (exact) mass is 155 g/mol. The van der Waals surface area contributed by atoms with Gasteiger partial charge in [0.25, 0.3) is 0 Å². The van der Waals surface area contributed by atoms with E-state index in [2.05, 4.69) is 4.74 Å². The van der Waals surface area contributed by atoms with Crippen LogP contribution in [0.4, 0.5) is 4.79 Å². The fraction of sp³-hybridized carbons (Fsp3) is 0.429. The van der Waals surface area contributed by atoms with Crippen molar-refractivity contribution in [2.75, 3.05) is 6.61 Å². The third kappa shape index (κ3) is 1.58. The van der Waals surface area contributed by atoms with E-state index in [0.717, 1.165) is 4.90 Å². The Balaban J connectivity index is 2.53. The number of amides is 2. The van der Waals surface area contributed by atoms with Crippen LogP contribution in [0.15, 0.2) is 12.3 Å². The third-order valence-electron chi connectivity index (χ3n) is 1.28. The van der Waals surface area contributed by atoms with Crippen molar-refractivity contribution in [1.82, 2.24) is 4.90 Å². The van der Waals surface area contributed by atoms with Gasteiger partial charge in [-0.15, -0.1) is 0 Å². The first-order valence-corrected chi connectivity index (χ1v) is 3.41. The molecule has 60 valence electrons. The summed E-state index contributed by atoms with van der Waals surface area (Å²) in [4.78, 5) is 22.7. The highest BCUT2D eigenvalue weighted by molar-refractivity contribution is 5.95. The summed E-state index contributed by atoms with van der Waals surface area (Å²) in [5.74, 6) is -0.233. The molecule has 0 saturated carbocycles. The quantitative estimate of drug-likeness (QED) is 0.565. The number of rotatable bonds is 1. The molecule has 1 rings (SSSR count). The molecule has 0 aromatic rings. The van der Waals surface area contributed by atoms with Crippen LogP contribution in [0.25, 0.3) is 0 Å². The minimum atomic E-state index is -0.591. The molecular weight excluding hydrogens is 146 g/mol. The molecule has 1 aliphatic heterocycles. The molecule has 4 nitrogen and oxygen atoms in total. The smallest absolute Gasteiger partial charge is 0.420 e. The Morgan fingerprint density at radius 1 is 1.82 bits per heavy atom. The molecule has 0 aliphatic carbocycles. The van der Waals surface area contributed by atoms with Gasteiger partial charge in [-0.3, -0.25) is 4.79 Å². The first-order chi connectivity index (χ1) is 5.25. The lowest BCUT2D eigenvalue weighted by Gasteiger charge is -2.09. The summed E-state index contributed by atoms with van der Waals surface area (Å²) in [6.07, 6.45) is 2.75. The zero-order chi connectivity index (χ0) is 8.27. The van der Waals surface area contributed by atoms with E-state index in [9.17, 15) is 9.59 Å². The van der Waals surface area contributed by atoms with E-state index >= 15 is 0 Å². The van der Waals surface area contributed by atoms with Gasteiger partial charge in [-0.1, -0.05) is 6.08 Å². The van der Waals surface area contributed by atoms with Gasteiger partial charge >= 0.3 is 6.09 Å². The van der Waals surface area contributed by atoms with Gasteiger partial charge in [-0.05, 0) is 6.92 Å². The molecule has 0 atom stereocenters. The van der Waals surface area contributed by atoms with Crippen molar-refractivity contribution in [3.63, 3.8) is 0 Å². The first kappa shape index (κ1) is 7.78. The zero-order valence-corrected chi connectivity index (χ0v) is 6.24. The van der Waals surface area contributed by atoms with E-state index < -0.39 is 6.09 Å². The van der Waals surface area contributed by atoms with E-state index in [1.807, 2.05) is 0 Å². The number of carbonyl (C=O) groups excluding carboxylic acids is 2. The van der Waals surface area contributed by atoms with Crippen LogP contribution in [-0.2, 0) is 9.53 Å². The second-order valence-corrected chi connectivity index (χ2v) is 2.05. The maximum absolute atomic E-state index is 10.9. The number of imide groups is 1. The number of hydrogen-bond acceptors (Lipinski definition) is 3. The molecule has 0 bridgehead atoms. The van der Waals surface area contributed by atoms with E-state index in [0.29, 0.717) is 6.42 Å². The molecule has 11 heavy (non-hydrogen) atoms. The second-order valence-electron chi connectivity index (χ2n) is 2.05. The average Bonchev–Trinajstić information content (AvgIpc) is 2.36. The number of carbonyl (C=O) groups is 2. The summed E-state index contributed by atoms with van der Waals surface area (Å²) in [5, 5.41) is 0. The standard InChI is InChI=1S/C7H9NO3/c1-2-11-7(10)8-5-3-4-6(8)9/h3,5H,2,4H2,1H3. The highest BCUT2D eigenvalue weighted by atomic mass is 16.6. The van der Waals surface area contributed by atoms with Gasteiger partial charge in [0.2, 0.25) is 5.91 Å². The Morgan fingerprint density at radius 3 is 3.00 bits per heavy atom. The van der Waals surface area contributed by atoms with Gasteiger partial charge in [0.1, 0.15) is 0 Å². The van der Waals surface area contributed by atoms with Crippen molar-refractivity contribution in [1.29, 1.82) is 0 Å². The Labute approximate surface area is 64.4 Å². The third-order valence-corrected chi connectivity index (χ3v) is 1.28. The molecule has 0 aromatic heterocycles. The van der Waals surface area contributed by atoms with Crippen LogP contribution in [0, 0.1) is 0 Å². The Hall–Kier alpha value is -1.32. The van der Waals surface area contributed by atoms with Gasteiger partial charge < -0.3 is 4.74 Å². The number of hydrogen-bond donors (Lipinski definition) is 0. The Kier molecular flexibility index (Phi) is 2.25. The normalized spacial score (nSPS) is 15.7. The maximum atomic E-state index is 10.9. The summed E-state index contributed by atoms with van der Waals surface area (Å²) in [6, 6.07) is 0. The molecule has 1 heterocycles. The topological polar surface area (TPSA) is 46.6 Å². The van der Waals surface area contributed by atoms with Crippen molar-refractivity contribution in [3.8, 4) is 0 Å². The molecule has 0 aromatic carbocycles. The second kappa shape index (κ2) is 3.18. The van der Waals surface area contributed by atoms with Gasteiger partial charge in [-0.2, -0.15) is 0 Å². The van der Waals surface area contributed by atoms with Crippen LogP contribution in [0.5, 0.6) is 0 Å². The van der Waals surface area contributed by atoms with Crippen molar-refractivity contribution in [2.24, 2.45) is 0 Å². The predicted molar refractivity (Wildman–Crippen MR) is 37.6 cm³/mol. The summed E-state index contributed by atoms with van der Waals surface area (Å²) >= 11 is 0. The van der Waals surface area contributed by atoms with Crippen LogP contribution in [0.3, 0.4) is 0 Å². The molecule has 0 unspecified atom stereocenters. The predicted octanol–water partition coefficient (Wildman–Crippen LogP) is 0.889. The van der Waals surface area contributed by atoms with E-state index in [1.54, 1.807) is 13.0 Å². The molecule has 0 saturated heterocycles. The van der Waals surface area contributed by atoms with Crippen molar-refractivity contribution >= 4 is 12.0 Å². The van der Waals surface area contributed by atoms with Crippen LogP contribution >= 0.6 is 0 Å². The lowest BCUT2D eigenvalue weighted by atomic mass is 10.4.